The van der Waals surface area contributed by atoms with Crippen molar-refractivity contribution in [3.8, 4) is 0 Å². The number of carboxylic acids is 1. The van der Waals surface area contributed by atoms with Crippen LogP contribution in [0.5, 0.6) is 0 Å². The van der Waals surface area contributed by atoms with Crippen molar-refractivity contribution >= 4 is 34.4 Å². The molecule has 0 spiro atoms. The summed E-state index contributed by atoms with van der Waals surface area (Å²) < 4.78 is 1.86. The van der Waals surface area contributed by atoms with Gasteiger partial charge in [0.2, 0.25) is 5.91 Å². The number of carbonyl (C=O) groups excluding carboxylic acids is 1. The van der Waals surface area contributed by atoms with E-state index in [1.807, 2.05) is 35.0 Å². The number of nitrogens with zero attached hydrogens (tertiary/aromatic N) is 2. The van der Waals surface area contributed by atoms with Crippen molar-refractivity contribution in [2.75, 3.05) is 13.1 Å². The molecule has 0 radical (unpaired) electrons. The monoisotopic (exact) mass is 320 g/mol. The average Bonchev–Trinajstić information content (AvgIpc) is 2.92. The third-order valence-electron chi connectivity index (χ3n) is 4.19. The molecule has 0 saturated carbocycles. The third-order valence-corrected chi connectivity index (χ3v) is 4.52. The summed E-state index contributed by atoms with van der Waals surface area (Å²) >= 11 is 6.14. The molecule has 5 nitrogen and oxygen atoms in total. The summed E-state index contributed by atoms with van der Waals surface area (Å²) in [6.07, 6.45) is 3.22. The SMILES string of the molecule is O=C(O)C1CCCN(C(=O)Cn2ccc3c(Cl)cccc32)C1. The van der Waals surface area contributed by atoms with Gasteiger partial charge in [0.25, 0.3) is 0 Å². The number of aliphatic carboxylic acids is 1. The van der Waals surface area contributed by atoms with Gasteiger partial charge in [0.15, 0.2) is 0 Å². The van der Waals surface area contributed by atoms with E-state index in [4.69, 9.17) is 16.7 Å². The number of hydrogen-bond acceptors (Lipinski definition) is 2. The fraction of sp³-hybridized carbons (Fsp3) is 0.375. The number of halogens is 1. The summed E-state index contributed by atoms with van der Waals surface area (Å²) in [6.45, 7) is 1.13. The van der Waals surface area contributed by atoms with Gasteiger partial charge in [0.05, 0.1) is 5.92 Å². The second-order valence-corrected chi connectivity index (χ2v) is 6.04. The number of carbonyl (C=O) groups is 2. The number of carboxylic acid groups (broad SMARTS) is 1. The lowest BCUT2D eigenvalue weighted by molar-refractivity contribution is -0.145. The van der Waals surface area contributed by atoms with Crippen LogP contribution in [0.4, 0.5) is 0 Å². The van der Waals surface area contributed by atoms with Crippen LogP contribution in [0.3, 0.4) is 0 Å². The Hall–Kier alpha value is -2.01. The molecule has 116 valence electrons. The molecule has 2 heterocycles. The summed E-state index contributed by atoms with van der Waals surface area (Å²) in [7, 11) is 0. The van der Waals surface area contributed by atoms with Crippen molar-refractivity contribution in [1.82, 2.24) is 9.47 Å². The van der Waals surface area contributed by atoms with Crippen molar-refractivity contribution in [1.29, 1.82) is 0 Å². The molecule has 3 rings (SSSR count). The lowest BCUT2D eigenvalue weighted by atomic mass is 9.98. The predicted molar refractivity (Wildman–Crippen MR) is 83.9 cm³/mol. The van der Waals surface area contributed by atoms with E-state index in [0.29, 0.717) is 24.5 Å². The Morgan fingerprint density at radius 2 is 2.14 bits per heavy atom. The van der Waals surface area contributed by atoms with Gasteiger partial charge in [-0.25, -0.2) is 0 Å². The Morgan fingerprint density at radius 3 is 2.91 bits per heavy atom. The van der Waals surface area contributed by atoms with Gasteiger partial charge >= 0.3 is 5.97 Å². The van der Waals surface area contributed by atoms with Crippen molar-refractivity contribution in [3.63, 3.8) is 0 Å². The van der Waals surface area contributed by atoms with Crippen LogP contribution in [0.15, 0.2) is 30.5 Å². The second kappa shape index (κ2) is 6.01. The van der Waals surface area contributed by atoms with Crippen LogP contribution >= 0.6 is 11.6 Å². The van der Waals surface area contributed by atoms with Crippen molar-refractivity contribution in [3.05, 3.63) is 35.5 Å². The minimum Gasteiger partial charge on any atom is -0.481 e. The van der Waals surface area contributed by atoms with Gasteiger partial charge in [-0.2, -0.15) is 0 Å². The molecule has 1 aliphatic heterocycles. The Bertz CT molecular complexity index is 725. The summed E-state index contributed by atoms with van der Waals surface area (Å²) in [5.41, 5.74) is 0.910. The molecule has 1 aromatic heterocycles. The zero-order valence-electron chi connectivity index (χ0n) is 12.0. The molecule has 1 unspecified atom stereocenters. The maximum atomic E-state index is 12.4. The average molecular weight is 321 g/mol. The fourth-order valence-corrected chi connectivity index (χ4v) is 3.21. The molecule has 1 saturated heterocycles. The molecule has 1 N–H and O–H groups in total. The highest BCUT2D eigenvalue weighted by Gasteiger charge is 2.28. The Labute approximate surface area is 133 Å². The molecular weight excluding hydrogens is 304 g/mol. The number of amides is 1. The first-order chi connectivity index (χ1) is 10.6. The third kappa shape index (κ3) is 2.81. The first-order valence-corrected chi connectivity index (χ1v) is 7.68. The van der Waals surface area contributed by atoms with Gasteiger partial charge in [-0.15, -0.1) is 0 Å². The van der Waals surface area contributed by atoms with Crippen LogP contribution in [0.2, 0.25) is 5.02 Å². The molecule has 0 aliphatic carbocycles. The zero-order valence-corrected chi connectivity index (χ0v) is 12.8. The van der Waals surface area contributed by atoms with E-state index < -0.39 is 11.9 Å². The molecular formula is C16H17ClN2O3. The first-order valence-electron chi connectivity index (χ1n) is 7.30. The van der Waals surface area contributed by atoms with E-state index >= 15 is 0 Å². The summed E-state index contributed by atoms with van der Waals surface area (Å²) in [6, 6.07) is 7.48. The van der Waals surface area contributed by atoms with Gasteiger partial charge in [0.1, 0.15) is 6.54 Å². The summed E-state index contributed by atoms with van der Waals surface area (Å²) in [4.78, 5) is 25.2. The number of hydrogen-bond donors (Lipinski definition) is 1. The standard InChI is InChI=1S/C16H17ClN2O3/c17-13-4-1-5-14-12(13)6-8-18(14)10-15(20)19-7-2-3-11(9-19)16(21)22/h1,4-6,8,11H,2-3,7,9-10H2,(H,21,22). The van der Waals surface area contributed by atoms with E-state index in [1.165, 1.54) is 0 Å². The largest absolute Gasteiger partial charge is 0.481 e. The van der Waals surface area contributed by atoms with E-state index in [0.717, 1.165) is 17.3 Å². The molecule has 1 atom stereocenters. The molecule has 1 aromatic carbocycles. The van der Waals surface area contributed by atoms with E-state index in [1.54, 1.807) is 4.90 Å². The summed E-state index contributed by atoms with van der Waals surface area (Å²) in [5, 5.41) is 10.7. The van der Waals surface area contributed by atoms with Crippen molar-refractivity contribution < 1.29 is 14.7 Å². The molecule has 1 fully saturated rings. The van der Waals surface area contributed by atoms with Crippen LogP contribution in [-0.4, -0.2) is 39.5 Å². The van der Waals surface area contributed by atoms with Crippen LogP contribution in [0.25, 0.3) is 10.9 Å². The highest BCUT2D eigenvalue weighted by molar-refractivity contribution is 6.35. The van der Waals surface area contributed by atoms with E-state index in [-0.39, 0.29) is 12.5 Å². The number of fused-ring (bicyclic) bond motifs is 1. The smallest absolute Gasteiger partial charge is 0.308 e. The van der Waals surface area contributed by atoms with Gasteiger partial charge in [-0.1, -0.05) is 17.7 Å². The molecule has 0 bridgehead atoms. The molecule has 2 aromatic rings. The molecule has 1 amide bonds. The molecule has 6 heteroatoms. The number of likely N-dealkylation sites (tertiary alicyclic amines) is 1. The van der Waals surface area contributed by atoms with Crippen molar-refractivity contribution in [2.45, 2.75) is 19.4 Å². The van der Waals surface area contributed by atoms with E-state index in [9.17, 15) is 9.59 Å². The van der Waals surface area contributed by atoms with Crippen LogP contribution in [-0.2, 0) is 16.1 Å². The topological polar surface area (TPSA) is 62.5 Å². The minimum absolute atomic E-state index is 0.0524. The van der Waals surface area contributed by atoms with Crippen LogP contribution < -0.4 is 0 Å². The van der Waals surface area contributed by atoms with Crippen molar-refractivity contribution in [2.24, 2.45) is 5.92 Å². The lowest BCUT2D eigenvalue weighted by Gasteiger charge is -2.30. The predicted octanol–water partition coefficient (Wildman–Crippen LogP) is 2.62. The highest BCUT2D eigenvalue weighted by Crippen LogP contribution is 2.24. The van der Waals surface area contributed by atoms with Crippen LogP contribution in [0, 0.1) is 5.92 Å². The molecule has 22 heavy (non-hydrogen) atoms. The highest BCUT2D eigenvalue weighted by atomic mass is 35.5. The lowest BCUT2D eigenvalue weighted by Crippen LogP contribution is -2.43. The quantitative estimate of drug-likeness (QED) is 0.945. The Morgan fingerprint density at radius 1 is 1.32 bits per heavy atom. The number of benzene rings is 1. The number of rotatable bonds is 3. The second-order valence-electron chi connectivity index (χ2n) is 5.63. The number of aromatic nitrogens is 1. The Kier molecular flexibility index (Phi) is 4.07. The summed E-state index contributed by atoms with van der Waals surface area (Å²) in [5.74, 6) is -1.33. The maximum absolute atomic E-state index is 12.4. The van der Waals surface area contributed by atoms with Gasteiger partial charge in [-0.05, 0) is 31.0 Å². The van der Waals surface area contributed by atoms with E-state index in [2.05, 4.69) is 0 Å². The molecule has 1 aliphatic rings. The minimum atomic E-state index is -0.823. The first kappa shape index (κ1) is 14.9. The van der Waals surface area contributed by atoms with Crippen LogP contribution in [0.1, 0.15) is 12.8 Å². The van der Waals surface area contributed by atoms with Gasteiger partial charge in [0, 0.05) is 35.2 Å². The van der Waals surface area contributed by atoms with Gasteiger partial charge < -0.3 is 14.6 Å². The zero-order chi connectivity index (χ0) is 15.7. The maximum Gasteiger partial charge on any atom is 0.308 e. The Balaban J connectivity index is 1.76. The normalized spacial score (nSPS) is 18.6. The van der Waals surface area contributed by atoms with Gasteiger partial charge in [-0.3, -0.25) is 9.59 Å². The number of piperidine rings is 1. The fourth-order valence-electron chi connectivity index (χ4n) is 2.97.